The van der Waals surface area contributed by atoms with Gasteiger partial charge in [-0.2, -0.15) is 0 Å². The van der Waals surface area contributed by atoms with Crippen molar-refractivity contribution in [1.82, 2.24) is 4.90 Å². The fourth-order valence-electron chi connectivity index (χ4n) is 2.20. The first-order valence-electron chi connectivity index (χ1n) is 6.19. The molecule has 1 rings (SSSR count). The molecule has 1 saturated carbocycles. The van der Waals surface area contributed by atoms with Gasteiger partial charge in [-0.25, -0.2) is 0 Å². The van der Waals surface area contributed by atoms with E-state index in [0.29, 0.717) is 0 Å². The fraction of sp³-hybridized carbons (Fsp3) is 1.00. The van der Waals surface area contributed by atoms with Crippen molar-refractivity contribution in [2.75, 3.05) is 20.7 Å². The first-order valence-corrected chi connectivity index (χ1v) is 6.19. The SMILES string of the molecule is CN(C)C1CCC(COC(C)(C)C)CC1. The van der Waals surface area contributed by atoms with Gasteiger partial charge in [0.05, 0.1) is 12.2 Å². The minimum Gasteiger partial charge on any atom is -0.376 e. The molecule has 1 aliphatic carbocycles. The second-order valence-corrected chi connectivity index (χ2v) is 6.06. The Balaban J connectivity index is 2.20. The predicted octanol–water partition coefficient (Wildman–Crippen LogP) is 2.92. The molecule has 0 saturated heterocycles. The number of ether oxygens (including phenoxy) is 1. The normalized spacial score (nSPS) is 28.4. The van der Waals surface area contributed by atoms with Gasteiger partial charge in [0.2, 0.25) is 0 Å². The van der Waals surface area contributed by atoms with Crippen LogP contribution in [0.15, 0.2) is 0 Å². The Labute approximate surface area is 95.0 Å². The Morgan fingerprint density at radius 3 is 2.00 bits per heavy atom. The maximum absolute atomic E-state index is 5.85. The van der Waals surface area contributed by atoms with Crippen LogP contribution in [0.25, 0.3) is 0 Å². The third-order valence-corrected chi connectivity index (χ3v) is 3.30. The quantitative estimate of drug-likeness (QED) is 0.714. The van der Waals surface area contributed by atoms with E-state index in [1.54, 1.807) is 0 Å². The lowest BCUT2D eigenvalue weighted by molar-refractivity contribution is -0.0309. The van der Waals surface area contributed by atoms with E-state index in [1.807, 2.05) is 0 Å². The summed E-state index contributed by atoms with van der Waals surface area (Å²) in [6.07, 6.45) is 5.34. The van der Waals surface area contributed by atoms with Crippen molar-refractivity contribution in [3.63, 3.8) is 0 Å². The van der Waals surface area contributed by atoms with Gasteiger partial charge in [0.15, 0.2) is 0 Å². The Morgan fingerprint density at radius 1 is 1.07 bits per heavy atom. The summed E-state index contributed by atoms with van der Waals surface area (Å²) in [7, 11) is 4.38. The van der Waals surface area contributed by atoms with Crippen molar-refractivity contribution in [2.45, 2.75) is 58.1 Å². The largest absolute Gasteiger partial charge is 0.376 e. The summed E-state index contributed by atoms with van der Waals surface area (Å²) in [5.41, 5.74) is 0.0262. The van der Waals surface area contributed by atoms with E-state index < -0.39 is 0 Å². The van der Waals surface area contributed by atoms with E-state index in [-0.39, 0.29) is 5.60 Å². The van der Waals surface area contributed by atoms with Crippen molar-refractivity contribution in [3.05, 3.63) is 0 Å². The number of hydrogen-bond acceptors (Lipinski definition) is 2. The van der Waals surface area contributed by atoms with Gasteiger partial charge in [-0.3, -0.25) is 0 Å². The van der Waals surface area contributed by atoms with Crippen molar-refractivity contribution >= 4 is 0 Å². The van der Waals surface area contributed by atoms with E-state index >= 15 is 0 Å². The summed E-state index contributed by atoms with van der Waals surface area (Å²) in [5, 5.41) is 0. The van der Waals surface area contributed by atoms with Crippen LogP contribution in [0.3, 0.4) is 0 Å². The summed E-state index contributed by atoms with van der Waals surface area (Å²) in [5.74, 6) is 0.792. The smallest absolute Gasteiger partial charge is 0.0598 e. The topological polar surface area (TPSA) is 12.5 Å². The van der Waals surface area contributed by atoms with Gasteiger partial charge >= 0.3 is 0 Å². The minimum atomic E-state index is 0.0262. The molecular formula is C13H27NO. The first kappa shape index (κ1) is 13.0. The van der Waals surface area contributed by atoms with Crippen LogP contribution in [0.1, 0.15) is 46.5 Å². The first-order chi connectivity index (χ1) is 6.88. The van der Waals surface area contributed by atoms with Crippen LogP contribution in [0.5, 0.6) is 0 Å². The molecule has 0 heterocycles. The van der Waals surface area contributed by atoms with E-state index in [0.717, 1.165) is 18.6 Å². The van der Waals surface area contributed by atoms with Crippen LogP contribution in [0, 0.1) is 5.92 Å². The molecule has 15 heavy (non-hydrogen) atoms. The van der Waals surface area contributed by atoms with Crippen molar-refractivity contribution in [1.29, 1.82) is 0 Å². The molecule has 2 nitrogen and oxygen atoms in total. The molecular weight excluding hydrogens is 186 g/mol. The molecule has 0 amide bonds. The standard InChI is InChI=1S/C13H27NO/c1-13(2,3)15-10-11-6-8-12(9-7-11)14(4)5/h11-12H,6-10H2,1-5H3. The van der Waals surface area contributed by atoms with Crippen LogP contribution >= 0.6 is 0 Å². The lowest BCUT2D eigenvalue weighted by atomic mass is 9.86. The molecule has 0 unspecified atom stereocenters. The molecule has 0 aromatic carbocycles. The highest BCUT2D eigenvalue weighted by molar-refractivity contribution is 4.77. The van der Waals surface area contributed by atoms with Gasteiger partial charge in [0, 0.05) is 6.04 Å². The monoisotopic (exact) mass is 213 g/mol. The molecule has 0 aromatic rings. The van der Waals surface area contributed by atoms with Gasteiger partial charge in [0.1, 0.15) is 0 Å². The van der Waals surface area contributed by atoms with Crippen LogP contribution < -0.4 is 0 Å². The summed E-state index contributed by atoms with van der Waals surface area (Å²) in [4.78, 5) is 2.36. The Kier molecular flexibility index (Phi) is 4.60. The van der Waals surface area contributed by atoms with Crippen molar-refractivity contribution in [3.8, 4) is 0 Å². The van der Waals surface area contributed by atoms with E-state index in [4.69, 9.17) is 4.74 Å². The van der Waals surface area contributed by atoms with Gasteiger partial charge < -0.3 is 9.64 Å². The molecule has 90 valence electrons. The highest BCUT2D eigenvalue weighted by atomic mass is 16.5. The average molecular weight is 213 g/mol. The number of nitrogens with zero attached hydrogens (tertiary/aromatic N) is 1. The number of hydrogen-bond donors (Lipinski definition) is 0. The lowest BCUT2D eigenvalue weighted by Gasteiger charge is -2.33. The molecule has 0 radical (unpaired) electrons. The molecule has 0 aromatic heterocycles. The second kappa shape index (κ2) is 5.31. The Hall–Kier alpha value is -0.0800. The molecule has 2 heteroatoms. The summed E-state index contributed by atoms with van der Waals surface area (Å²) < 4.78 is 5.85. The average Bonchev–Trinajstić information content (AvgIpc) is 2.14. The van der Waals surface area contributed by atoms with E-state index in [1.165, 1.54) is 25.7 Å². The summed E-state index contributed by atoms with van der Waals surface area (Å²) in [6.45, 7) is 7.36. The van der Waals surface area contributed by atoms with Crippen LogP contribution in [0.2, 0.25) is 0 Å². The molecule has 1 aliphatic rings. The fourth-order valence-corrected chi connectivity index (χ4v) is 2.20. The molecule has 1 fully saturated rings. The highest BCUT2D eigenvalue weighted by Gasteiger charge is 2.23. The second-order valence-electron chi connectivity index (χ2n) is 6.06. The van der Waals surface area contributed by atoms with Crippen LogP contribution in [-0.2, 0) is 4.74 Å². The molecule has 0 aliphatic heterocycles. The van der Waals surface area contributed by atoms with Gasteiger partial charge in [-0.05, 0) is 66.5 Å². The van der Waals surface area contributed by atoms with Crippen LogP contribution in [-0.4, -0.2) is 37.2 Å². The highest BCUT2D eigenvalue weighted by Crippen LogP contribution is 2.27. The zero-order chi connectivity index (χ0) is 11.5. The predicted molar refractivity (Wildman–Crippen MR) is 65.1 cm³/mol. The van der Waals surface area contributed by atoms with Gasteiger partial charge in [-0.1, -0.05) is 0 Å². The van der Waals surface area contributed by atoms with E-state index in [2.05, 4.69) is 39.8 Å². The maximum Gasteiger partial charge on any atom is 0.0598 e. The third-order valence-electron chi connectivity index (χ3n) is 3.30. The van der Waals surface area contributed by atoms with Gasteiger partial charge in [-0.15, -0.1) is 0 Å². The minimum absolute atomic E-state index is 0.0262. The Morgan fingerprint density at radius 2 is 1.60 bits per heavy atom. The van der Waals surface area contributed by atoms with Crippen molar-refractivity contribution in [2.24, 2.45) is 5.92 Å². The zero-order valence-corrected chi connectivity index (χ0v) is 11.0. The molecule has 0 atom stereocenters. The Bertz CT molecular complexity index is 175. The van der Waals surface area contributed by atoms with Gasteiger partial charge in [0.25, 0.3) is 0 Å². The van der Waals surface area contributed by atoms with Crippen molar-refractivity contribution < 1.29 is 4.74 Å². The third kappa shape index (κ3) is 4.98. The molecule has 0 N–H and O–H groups in total. The maximum atomic E-state index is 5.85. The zero-order valence-electron chi connectivity index (χ0n) is 11.0. The molecule has 0 bridgehead atoms. The molecule has 0 spiro atoms. The van der Waals surface area contributed by atoms with E-state index in [9.17, 15) is 0 Å². The summed E-state index contributed by atoms with van der Waals surface area (Å²) in [6, 6.07) is 0.802. The summed E-state index contributed by atoms with van der Waals surface area (Å²) >= 11 is 0. The van der Waals surface area contributed by atoms with Crippen LogP contribution in [0.4, 0.5) is 0 Å². The lowest BCUT2D eigenvalue weighted by Crippen LogP contribution is -2.34. The number of rotatable bonds is 3.